The summed E-state index contributed by atoms with van der Waals surface area (Å²) in [4.78, 5) is 24.9. The van der Waals surface area contributed by atoms with Crippen LogP contribution in [0.4, 0.5) is 0 Å². The molecule has 0 bridgehead atoms. The summed E-state index contributed by atoms with van der Waals surface area (Å²) in [6.45, 7) is 2.19. The van der Waals surface area contributed by atoms with Crippen LogP contribution in [0.3, 0.4) is 0 Å². The van der Waals surface area contributed by atoms with Crippen molar-refractivity contribution < 1.29 is 19.8 Å². The highest BCUT2D eigenvalue weighted by Crippen LogP contribution is 2.09. The molecule has 0 radical (unpaired) electrons. The fraction of sp³-hybridized carbons (Fsp3) is 0.467. The largest absolute Gasteiger partial charge is 0.395 e. The van der Waals surface area contributed by atoms with Crippen LogP contribution in [-0.2, 0) is 11.3 Å². The zero-order valence-corrected chi connectivity index (χ0v) is 12.2. The van der Waals surface area contributed by atoms with Gasteiger partial charge in [-0.3, -0.25) is 9.59 Å². The molecule has 21 heavy (non-hydrogen) atoms. The number of aliphatic hydroxyl groups excluding tert-OH is 2. The third-order valence-electron chi connectivity index (χ3n) is 3.01. The van der Waals surface area contributed by atoms with Gasteiger partial charge in [-0.25, -0.2) is 0 Å². The molecule has 0 spiro atoms. The molecule has 0 aromatic heterocycles. The van der Waals surface area contributed by atoms with Gasteiger partial charge in [-0.1, -0.05) is 19.1 Å². The lowest BCUT2D eigenvalue weighted by Gasteiger charge is -2.21. The molecule has 0 aliphatic rings. The Morgan fingerprint density at radius 1 is 1.19 bits per heavy atom. The Kier molecular flexibility index (Phi) is 7.42. The van der Waals surface area contributed by atoms with Crippen molar-refractivity contribution in [2.45, 2.75) is 19.9 Å². The highest BCUT2D eigenvalue weighted by atomic mass is 16.3. The molecule has 2 amide bonds. The summed E-state index contributed by atoms with van der Waals surface area (Å²) >= 11 is 0. The number of hydrogen-bond donors (Lipinski definition) is 3. The van der Waals surface area contributed by atoms with Gasteiger partial charge in [-0.15, -0.1) is 0 Å². The molecular weight excluding hydrogens is 272 g/mol. The van der Waals surface area contributed by atoms with Crippen molar-refractivity contribution in [3.8, 4) is 0 Å². The summed E-state index contributed by atoms with van der Waals surface area (Å²) in [5.41, 5.74) is 1.30. The van der Waals surface area contributed by atoms with E-state index in [0.29, 0.717) is 18.5 Å². The van der Waals surface area contributed by atoms with Crippen molar-refractivity contribution in [3.05, 3.63) is 35.4 Å². The highest BCUT2D eigenvalue weighted by Gasteiger charge is 2.15. The van der Waals surface area contributed by atoms with E-state index in [0.717, 1.165) is 5.56 Å². The monoisotopic (exact) mass is 294 g/mol. The van der Waals surface area contributed by atoms with E-state index in [2.05, 4.69) is 5.32 Å². The summed E-state index contributed by atoms with van der Waals surface area (Å²) in [6, 6.07) is 6.96. The summed E-state index contributed by atoms with van der Waals surface area (Å²) in [6.07, 6.45) is 0.416. The van der Waals surface area contributed by atoms with Crippen LogP contribution in [0.5, 0.6) is 0 Å². The van der Waals surface area contributed by atoms with Crippen LogP contribution in [0.2, 0.25) is 0 Å². The van der Waals surface area contributed by atoms with Gasteiger partial charge in [0.1, 0.15) is 0 Å². The predicted molar refractivity (Wildman–Crippen MR) is 78.7 cm³/mol. The van der Waals surface area contributed by atoms with Crippen LogP contribution in [-0.4, -0.2) is 53.2 Å². The first-order valence-electron chi connectivity index (χ1n) is 6.99. The molecular formula is C15H22N2O4. The Morgan fingerprint density at radius 3 is 2.43 bits per heavy atom. The summed E-state index contributed by atoms with van der Waals surface area (Å²) in [5.74, 6) is -0.296. The third-order valence-corrected chi connectivity index (χ3v) is 3.01. The Balaban J connectivity index is 2.77. The first-order chi connectivity index (χ1) is 10.1. The van der Waals surface area contributed by atoms with Crippen LogP contribution in [0.15, 0.2) is 24.3 Å². The van der Waals surface area contributed by atoms with Gasteiger partial charge in [0.25, 0.3) is 5.91 Å². The van der Waals surface area contributed by atoms with E-state index >= 15 is 0 Å². The molecule has 0 saturated heterocycles. The lowest BCUT2D eigenvalue weighted by molar-refractivity contribution is -0.120. The molecule has 0 unspecified atom stereocenters. The Labute approximate surface area is 124 Å². The van der Waals surface area contributed by atoms with Crippen LogP contribution < -0.4 is 5.32 Å². The topological polar surface area (TPSA) is 89.9 Å². The second-order valence-corrected chi connectivity index (χ2v) is 4.57. The van der Waals surface area contributed by atoms with Gasteiger partial charge in [-0.2, -0.15) is 0 Å². The average Bonchev–Trinajstić information content (AvgIpc) is 2.52. The van der Waals surface area contributed by atoms with Crippen molar-refractivity contribution in [1.82, 2.24) is 10.2 Å². The molecule has 0 heterocycles. The van der Waals surface area contributed by atoms with Gasteiger partial charge in [-0.05, 0) is 17.7 Å². The molecule has 0 aliphatic carbocycles. The lowest BCUT2D eigenvalue weighted by atomic mass is 10.1. The normalized spacial score (nSPS) is 10.2. The van der Waals surface area contributed by atoms with Crippen LogP contribution in [0.1, 0.15) is 29.3 Å². The molecule has 6 heteroatoms. The maximum absolute atomic E-state index is 12.3. The second kappa shape index (κ2) is 9.10. The SMILES string of the molecule is CCC(=O)NCc1cccc(C(=O)N(CCO)CCO)c1. The van der Waals surface area contributed by atoms with E-state index in [-0.39, 0.29) is 38.1 Å². The quantitative estimate of drug-likeness (QED) is 0.636. The zero-order valence-electron chi connectivity index (χ0n) is 12.2. The number of carbonyl (C=O) groups excluding carboxylic acids is 2. The maximum atomic E-state index is 12.3. The molecule has 1 aromatic rings. The Bertz CT molecular complexity index is 470. The van der Waals surface area contributed by atoms with Gasteiger partial charge in [0.2, 0.25) is 5.91 Å². The molecule has 1 aromatic carbocycles. The number of nitrogens with one attached hydrogen (secondary N) is 1. The predicted octanol–water partition coefficient (Wildman–Crippen LogP) is 0.140. The van der Waals surface area contributed by atoms with Gasteiger partial charge < -0.3 is 20.4 Å². The minimum absolute atomic E-state index is 0.0473. The van der Waals surface area contributed by atoms with Crippen LogP contribution in [0.25, 0.3) is 0 Å². The van der Waals surface area contributed by atoms with Crippen LogP contribution in [0, 0.1) is 0 Å². The van der Waals surface area contributed by atoms with E-state index in [1.165, 1.54) is 4.90 Å². The molecule has 0 saturated carbocycles. The average molecular weight is 294 g/mol. The molecule has 116 valence electrons. The summed E-state index contributed by atoms with van der Waals surface area (Å²) in [7, 11) is 0. The van der Waals surface area contributed by atoms with E-state index < -0.39 is 0 Å². The van der Waals surface area contributed by atoms with Crippen molar-refractivity contribution in [2.24, 2.45) is 0 Å². The number of aliphatic hydroxyl groups is 2. The first-order valence-corrected chi connectivity index (χ1v) is 6.99. The smallest absolute Gasteiger partial charge is 0.254 e. The van der Waals surface area contributed by atoms with Crippen molar-refractivity contribution in [2.75, 3.05) is 26.3 Å². The maximum Gasteiger partial charge on any atom is 0.254 e. The van der Waals surface area contributed by atoms with Gasteiger partial charge in [0.05, 0.1) is 13.2 Å². The standard InChI is InChI=1S/C15H22N2O4/c1-2-14(20)16-11-12-4-3-5-13(10-12)15(21)17(6-8-18)7-9-19/h3-5,10,18-19H,2,6-9,11H2,1H3,(H,16,20). The minimum atomic E-state index is -0.248. The fourth-order valence-corrected chi connectivity index (χ4v) is 1.88. The lowest BCUT2D eigenvalue weighted by Crippen LogP contribution is -2.35. The van der Waals surface area contributed by atoms with Crippen molar-refractivity contribution in [1.29, 1.82) is 0 Å². The van der Waals surface area contributed by atoms with Crippen molar-refractivity contribution in [3.63, 3.8) is 0 Å². The number of nitrogens with zero attached hydrogens (tertiary/aromatic N) is 1. The number of rotatable bonds is 8. The fourth-order valence-electron chi connectivity index (χ4n) is 1.88. The number of benzene rings is 1. The minimum Gasteiger partial charge on any atom is -0.395 e. The molecule has 1 rings (SSSR count). The van der Waals surface area contributed by atoms with E-state index in [9.17, 15) is 9.59 Å². The van der Waals surface area contributed by atoms with E-state index in [4.69, 9.17) is 10.2 Å². The van der Waals surface area contributed by atoms with Gasteiger partial charge in [0.15, 0.2) is 0 Å². The number of carbonyl (C=O) groups is 2. The second-order valence-electron chi connectivity index (χ2n) is 4.57. The number of hydrogen-bond acceptors (Lipinski definition) is 4. The molecule has 3 N–H and O–H groups in total. The number of amides is 2. The highest BCUT2D eigenvalue weighted by molar-refractivity contribution is 5.94. The molecule has 0 aliphatic heterocycles. The Hall–Kier alpha value is -1.92. The van der Waals surface area contributed by atoms with E-state index in [1.807, 2.05) is 6.07 Å². The first kappa shape index (κ1) is 17.1. The van der Waals surface area contributed by atoms with Crippen molar-refractivity contribution >= 4 is 11.8 Å². The van der Waals surface area contributed by atoms with Gasteiger partial charge >= 0.3 is 0 Å². The Morgan fingerprint density at radius 2 is 1.86 bits per heavy atom. The molecule has 0 atom stereocenters. The van der Waals surface area contributed by atoms with E-state index in [1.54, 1.807) is 25.1 Å². The summed E-state index contributed by atoms with van der Waals surface area (Å²) < 4.78 is 0. The van der Waals surface area contributed by atoms with Gasteiger partial charge in [0, 0.05) is 31.6 Å². The molecule has 0 fully saturated rings. The summed E-state index contributed by atoms with van der Waals surface area (Å²) in [5, 5.41) is 20.7. The zero-order chi connectivity index (χ0) is 15.7. The van der Waals surface area contributed by atoms with Crippen LogP contribution >= 0.6 is 0 Å². The third kappa shape index (κ3) is 5.53. The molecule has 6 nitrogen and oxygen atoms in total.